The lowest BCUT2D eigenvalue weighted by molar-refractivity contribution is -0.130. The van der Waals surface area contributed by atoms with Crippen LogP contribution in [0.4, 0.5) is 4.79 Å². The van der Waals surface area contributed by atoms with Crippen LogP contribution in [0.1, 0.15) is 5.56 Å². The van der Waals surface area contributed by atoms with Gasteiger partial charge in [0.1, 0.15) is 0 Å². The van der Waals surface area contributed by atoms with E-state index >= 15 is 0 Å². The average Bonchev–Trinajstić information content (AvgIpc) is 2.89. The van der Waals surface area contributed by atoms with Crippen molar-refractivity contribution in [2.45, 2.75) is 76.7 Å². The molecule has 1 aliphatic heterocycles. The molecule has 1 heterocycles. The van der Waals surface area contributed by atoms with Gasteiger partial charge in [0.2, 0.25) is 0 Å². The minimum atomic E-state index is -2.31. The molecule has 3 amide bonds. The van der Waals surface area contributed by atoms with Gasteiger partial charge in [-0.25, -0.2) is 4.79 Å². The van der Waals surface area contributed by atoms with Crippen molar-refractivity contribution in [2.24, 2.45) is 0 Å². The number of rotatable bonds is 7. The van der Waals surface area contributed by atoms with E-state index in [-0.39, 0.29) is 24.1 Å². The smallest absolute Gasteiger partial charge is 0.319 e. The lowest BCUT2D eigenvalue weighted by Gasteiger charge is -2.45. The number of hydrogen-bond acceptors (Lipinski definition) is 4. The van der Waals surface area contributed by atoms with E-state index in [1.165, 1.54) is 4.90 Å². The predicted octanol–water partition coefficient (Wildman–Crippen LogP) is 5.55. The average molecular weight is 517 g/mol. The van der Waals surface area contributed by atoms with Crippen molar-refractivity contribution in [3.8, 4) is 0 Å². The van der Waals surface area contributed by atoms with Gasteiger partial charge in [-0.2, -0.15) is 0 Å². The third kappa shape index (κ3) is 5.08. The molecule has 0 radical (unpaired) electrons. The Labute approximate surface area is 208 Å². The fourth-order valence-corrected chi connectivity index (χ4v) is 8.89. The van der Waals surface area contributed by atoms with Crippen LogP contribution in [0.25, 0.3) is 0 Å². The molecule has 3 atom stereocenters. The molecule has 1 aliphatic carbocycles. The molecule has 186 valence electrons. The first kappa shape index (κ1) is 26.8. The van der Waals surface area contributed by atoms with Gasteiger partial charge in [0.25, 0.3) is 5.91 Å². The van der Waals surface area contributed by atoms with Crippen molar-refractivity contribution >= 4 is 36.8 Å². The fraction of sp³-hybridized carbons (Fsp3) is 0.520. The van der Waals surface area contributed by atoms with E-state index in [0.29, 0.717) is 0 Å². The SMILES string of the molecule is CN1C(=O)N([Si](C)(C)C)C(C2=CC(O[Si](C)(C)C)C(O[Si](C)(C)C)C=C2)(c2ccccc2)C1=O. The van der Waals surface area contributed by atoms with Gasteiger partial charge in [-0.3, -0.25) is 9.69 Å². The van der Waals surface area contributed by atoms with Crippen LogP contribution in [0.3, 0.4) is 0 Å². The molecule has 3 unspecified atom stereocenters. The fourth-order valence-electron chi connectivity index (χ4n) is 4.76. The molecule has 2 aliphatic rings. The number of carbonyl (C=O) groups excluding carboxylic acids is 2. The summed E-state index contributed by atoms with van der Waals surface area (Å²) in [7, 11) is -4.52. The zero-order valence-corrected chi connectivity index (χ0v) is 25.3. The number of benzene rings is 1. The van der Waals surface area contributed by atoms with E-state index in [4.69, 9.17) is 8.85 Å². The molecule has 0 spiro atoms. The van der Waals surface area contributed by atoms with Gasteiger partial charge in [-0.15, -0.1) is 0 Å². The van der Waals surface area contributed by atoms with E-state index < -0.39 is 30.4 Å². The van der Waals surface area contributed by atoms with Crippen LogP contribution in [0.2, 0.25) is 58.9 Å². The summed E-state index contributed by atoms with van der Waals surface area (Å²) in [5.74, 6) is -0.224. The maximum atomic E-state index is 14.1. The first-order valence-corrected chi connectivity index (χ1v) is 22.2. The monoisotopic (exact) mass is 516 g/mol. The third-order valence-electron chi connectivity index (χ3n) is 5.82. The van der Waals surface area contributed by atoms with Crippen LogP contribution < -0.4 is 0 Å². The van der Waals surface area contributed by atoms with Crippen LogP contribution in [0, 0.1) is 0 Å². The van der Waals surface area contributed by atoms with Crippen molar-refractivity contribution in [1.82, 2.24) is 9.47 Å². The van der Waals surface area contributed by atoms with E-state index in [2.05, 4.69) is 58.9 Å². The minimum absolute atomic E-state index is 0.222. The summed E-state index contributed by atoms with van der Waals surface area (Å²) in [6, 6.07) is 9.44. The van der Waals surface area contributed by atoms with Gasteiger partial charge in [0.05, 0.1) is 12.2 Å². The molecule has 1 aromatic rings. The van der Waals surface area contributed by atoms with Gasteiger partial charge < -0.3 is 13.4 Å². The normalized spacial score (nSPS) is 26.4. The molecule has 0 saturated carbocycles. The summed E-state index contributed by atoms with van der Waals surface area (Å²) >= 11 is 0. The summed E-state index contributed by atoms with van der Waals surface area (Å²) in [6.45, 7) is 19.3. The lowest BCUT2D eigenvalue weighted by atomic mass is 9.79. The Morgan fingerprint density at radius 3 is 1.85 bits per heavy atom. The Hall–Kier alpha value is -1.79. The molecular formula is C25H40N2O4Si3. The third-order valence-corrected chi connectivity index (χ3v) is 9.65. The first-order chi connectivity index (χ1) is 15.5. The Morgan fingerprint density at radius 2 is 1.35 bits per heavy atom. The van der Waals surface area contributed by atoms with Crippen molar-refractivity contribution in [1.29, 1.82) is 0 Å². The molecule has 6 nitrogen and oxygen atoms in total. The Kier molecular flexibility index (Phi) is 7.11. The second kappa shape index (κ2) is 9.02. The van der Waals surface area contributed by atoms with Crippen molar-refractivity contribution in [3.05, 3.63) is 59.7 Å². The molecule has 34 heavy (non-hydrogen) atoms. The van der Waals surface area contributed by atoms with Gasteiger partial charge in [-0.1, -0.05) is 62.1 Å². The number of hydrogen-bond donors (Lipinski definition) is 0. The highest BCUT2D eigenvalue weighted by Crippen LogP contribution is 2.47. The number of nitrogens with zero attached hydrogens (tertiary/aromatic N) is 2. The molecular weight excluding hydrogens is 477 g/mol. The first-order valence-electron chi connectivity index (χ1n) is 11.9. The second-order valence-corrected chi connectivity index (χ2v) is 25.8. The van der Waals surface area contributed by atoms with Crippen LogP contribution in [0.5, 0.6) is 0 Å². The maximum absolute atomic E-state index is 14.1. The molecule has 1 aromatic carbocycles. The summed E-state index contributed by atoms with van der Waals surface area (Å²) in [6.07, 6.45) is 5.52. The maximum Gasteiger partial charge on any atom is 0.319 e. The standard InChI is InChI=1S/C25H40N2O4Si3/c1-26-23(28)25(19-14-12-11-13-15-19,27(24(26)29)32(2,3)4)20-16-17-21(30-33(5,6)7)22(18-20)31-34(8,9)10/h11-18,21-22H,1-10H3. The highest BCUT2D eigenvalue weighted by atomic mass is 28.4. The highest BCUT2D eigenvalue weighted by Gasteiger charge is 2.62. The topological polar surface area (TPSA) is 59.1 Å². The lowest BCUT2D eigenvalue weighted by Crippen LogP contribution is -2.59. The van der Waals surface area contributed by atoms with Crippen LogP contribution in [-0.2, 0) is 19.2 Å². The minimum Gasteiger partial charge on any atom is -0.408 e. The predicted molar refractivity (Wildman–Crippen MR) is 145 cm³/mol. The summed E-state index contributed by atoms with van der Waals surface area (Å²) in [5, 5.41) is 0. The number of likely N-dealkylation sites (N-methyl/N-ethyl adjacent to an activating group) is 1. The van der Waals surface area contributed by atoms with Crippen molar-refractivity contribution < 1.29 is 18.4 Å². The summed E-state index contributed by atoms with van der Waals surface area (Å²) < 4.78 is 15.0. The molecule has 0 aromatic heterocycles. The van der Waals surface area contributed by atoms with E-state index in [9.17, 15) is 9.59 Å². The largest absolute Gasteiger partial charge is 0.408 e. The molecule has 0 bridgehead atoms. The Morgan fingerprint density at radius 1 is 0.824 bits per heavy atom. The van der Waals surface area contributed by atoms with E-state index in [0.717, 1.165) is 11.1 Å². The number of carbonyl (C=O) groups is 2. The summed E-state index contributed by atoms with van der Waals surface area (Å²) in [4.78, 5) is 28.9. The van der Waals surface area contributed by atoms with E-state index in [1.54, 1.807) is 7.05 Å². The number of urea groups is 1. The van der Waals surface area contributed by atoms with Gasteiger partial charge in [0.15, 0.2) is 30.4 Å². The molecule has 0 N–H and O–H groups in total. The highest BCUT2D eigenvalue weighted by molar-refractivity contribution is 6.76. The molecule has 3 rings (SSSR count). The van der Waals surface area contributed by atoms with E-state index in [1.807, 2.05) is 53.1 Å². The molecule has 1 saturated heterocycles. The molecule has 1 fully saturated rings. The summed E-state index contributed by atoms with van der Waals surface area (Å²) in [5.41, 5.74) is 0.356. The van der Waals surface area contributed by atoms with Gasteiger partial charge >= 0.3 is 6.03 Å². The van der Waals surface area contributed by atoms with Crippen molar-refractivity contribution in [2.75, 3.05) is 7.05 Å². The number of amides is 3. The second-order valence-electron chi connectivity index (χ2n) is 12.1. The van der Waals surface area contributed by atoms with Crippen LogP contribution in [-0.4, -0.2) is 65.5 Å². The van der Waals surface area contributed by atoms with Crippen molar-refractivity contribution in [3.63, 3.8) is 0 Å². The zero-order valence-electron chi connectivity index (χ0n) is 22.3. The Balaban J connectivity index is 2.27. The van der Waals surface area contributed by atoms with Crippen LogP contribution in [0.15, 0.2) is 54.1 Å². The Bertz CT molecular complexity index is 1010. The quantitative estimate of drug-likeness (QED) is 0.352. The zero-order chi connectivity index (χ0) is 25.7. The van der Waals surface area contributed by atoms with Gasteiger partial charge in [-0.05, 0) is 56.5 Å². The molecule has 9 heteroatoms. The number of imide groups is 1. The van der Waals surface area contributed by atoms with Crippen LogP contribution >= 0.6 is 0 Å². The van der Waals surface area contributed by atoms with Gasteiger partial charge in [0, 0.05) is 7.05 Å².